The molecular formula is C8H8O. The summed E-state index contributed by atoms with van der Waals surface area (Å²) < 4.78 is 5.24. The third-order valence-electron chi connectivity index (χ3n) is 1.73. The molecule has 0 amide bonds. The van der Waals surface area contributed by atoms with Gasteiger partial charge in [0.15, 0.2) is 0 Å². The van der Waals surface area contributed by atoms with Gasteiger partial charge in [-0.05, 0) is 11.1 Å². The molecule has 2 atom stereocenters. The summed E-state index contributed by atoms with van der Waals surface area (Å²) in [5.74, 6) is 0. The van der Waals surface area contributed by atoms with Crippen molar-refractivity contribution in [2.75, 3.05) is 0 Å². The topological polar surface area (TPSA) is 12.5 Å². The van der Waals surface area contributed by atoms with Gasteiger partial charge in [-0.3, -0.25) is 0 Å². The lowest BCUT2D eigenvalue weighted by atomic mass is 10.0. The fraction of sp³-hybridized carbons (Fsp3) is 0.250. The lowest BCUT2D eigenvalue weighted by Crippen LogP contribution is -2.01. The van der Waals surface area contributed by atoms with Gasteiger partial charge in [0, 0.05) is 0 Å². The Labute approximate surface area is 54.3 Å². The predicted octanol–water partition coefficient (Wildman–Crippen LogP) is 1.44. The first kappa shape index (κ1) is 5.00. The van der Waals surface area contributed by atoms with Crippen molar-refractivity contribution in [2.24, 2.45) is 0 Å². The molecule has 0 aromatic rings. The maximum absolute atomic E-state index is 5.24. The molecule has 46 valence electrons. The van der Waals surface area contributed by atoms with E-state index in [4.69, 9.17) is 4.74 Å². The number of epoxide rings is 1. The molecule has 0 aromatic heterocycles. The van der Waals surface area contributed by atoms with Crippen molar-refractivity contribution >= 4 is 0 Å². The number of fused-ring (bicyclic) bond motifs is 1. The van der Waals surface area contributed by atoms with Crippen molar-refractivity contribution in [3.05, 3.63) is 36.5 Å². The molecule has 0 aromatic carbocycles. The van der Waals surface area contributed by atoms with Gasteiger partial charge in [0.1, 0.15) is 12.2 Å². The Morgan fingerprint density at radius 3 is 2.00 bits per heavy atom. The molecule has 1 heteroatoms. The summed E-state index contributed by atoms with van der Waals surface area (Å²) in [6, 6.07) is 0. The molecule has 0 radical (unpaired) electrons. The molecule has 0 saturated carbocycles. The zero-order valence-electron chi connectivity index (χ0n) is 5.13. The lowest BCUT2D eigenvalue weighted by Gasteiger charge is -2.00. The molecule has 2 unspecified atom stereocenters. The molecule has 1 aliphatic carbocycles. The highest BCUT2D eigenvalue weighted by atomic mass is 16.6. The zero-order valence-corrected chi connectivity index (χ0v) is 5.13. The molecule has 1 heterocycles. The normalized spacial score (nSPS) is 38.7. The van der Waals surface area contributed by atoms with Crippen molar-refractivity contribution in [3.63, 3.8) is 0 Å². The number of rotatable bonds is 0. The molecule has 0 spiro atoms. The quantitative estimate of drug-likeness (QED) is 0.440. The molecule has 0 N–H and O–H groups in total. The zero-order chi connectivity index (χ0) is 6.43. The van der Waals surface area contributed by atoms with Crippen LogP contribution in [0.4, 0.5) is 0 Å². The Morgan fingerprint density at radius 1 is 1.11 bits per heavy atom. The summed E-state index contributed by atoms with van der Waals surface area (Å²) in [5, 5.41) is 0. The number of ether oxygens (including phenoxy) is 1. The van der Waals surface area contributed by atoms with Crippen LogP contribution in [0.25, 0.3) is 0 Å². The molecule has 9 heavy (non-hydrogen) atoms. The number of hydrogen-bond donors (Lipinski definition) is 0. The summed E-state index contributed by atoms with van der Waals surface area (Å²) in [4.78, 5) is 0. The van der Waals surface area contributed by atoms with Gasteiger partial charge in [-0.2, -0.15) is 0 Å². The van der Waals surface area contributed by atoms with Crippen LogP contribution in [0.2, 0.25) is 0 Å². The van der Waals surface area contributed by atoms with Gasteiger partial charge in [0.2, 0.25) is 0 Å². The first-order valence-electron chi connectivity index (χ1n) is 3.00. The SMILES string of the molecule is C=C1C=CC(=C)C2OC12. The van der Waals surface area contributed by atoms with Gasteiger partial charge in [0.05, 0.1) is 0 Å². The highest BCUT2D eigenvalue weighted by Gasteiger charge is 2.43. The van der Waals surface area contributed by atoms with E-state index in [1.54, 1.807) is 0 Å². The first-order chi connectivity index (χ1) is 4.29. The van der Waals surface area contributed by atoms with E-state index >= 15 is 0 Å². The van der Waals surface area contributed by atoms with Crippen LogP contribution < -0.4 is 0 Å². The summed E-state index contributed by atoms with van der Waals surface area (Å²) in [7, 11) is 0. The smallest absolute Gasteiger partial charge is 0.113 e. The van der Waals surface area contributed by atoms with Crippen LogP contribution in [-0.4, -0.2) is 12.2 Å². The molecular weight excluding hydrogens is 112 g/mol. The van der Waals surface area contributed by atoms with Gasteiger partial charge in [-0.1, -0.05) is 25.3 Å². The fourth-order valence-electron chi connectivity index (χ4n) is 1.08. The van der Waals surface area contributed by atoms with E-state index in [-0.39, 0.29) is 12.2 Å². The number of hydrogen-bond acceptors (Lipinski definition) is 1. The third-order valence-corrected chi connectivity index (χ3v) is 1.73. The highest BCUT2D eigenvalue weighted by molar-refractivity contribution is 5.43. The Kier molecular flexibility index (Phi) is 0.758. The van der Waals surface area contributed by atoms with Gasteiger partial charge in [0.25, 0.3) is 0 Å². The van der Waals surface area contributed by atoms with Crippen molar-refractivity contribution in [3.8, 4) is 0 Å². The Balaban J connectivity index is 2.34. The average Bonchev–Trinajstić information content (AvgIpc) is 2.57. The van der Waals surface area contributed by atoms with Gasteiger partial charge < -0.3 is 4.74 Å². The van der Waals surface area contributed by atoms with Gasteiger partial charge >= 0.3 is 0 Å². The summed E-state index contributed by atoms with van der Waals surface area (Å²) in [6.45, 7) is 7.64. The second-order valence-electron chi connectivity index (χ2n) is 2.46. The molecule has 2 rings (SSSR count). The van der Waals surface area contributed by atoms with E-state index in [0.717, 1.165) is 11.1 Å². The Hall–Kier alpha value is -0.820. The minimum absolute atomic E-state index is 0.266. The summed E-state index contributed by atoms with van der Waals surface area (Å²) in [6.07, 6.45) is 4.47. The maximum Gasteiger partial charge on any atom is 0.113 e. The van der Waals surface area contributed by atoms with Crippen LogP contribution >= 0.6 is 0 Å². The average molecular weight is 120 g/mol. The third kappa shape index (κ3) is 0.583. The van der Waals surface area contributed by atoms with Gasteiger partial charge in [-0.15, -0.1) is 0 Å². The monoisotopic (exact) mass is 120 g/mol. The minimum atomic E-state index is 0.266. The molecule has 1 nitrogen and oxygen atoms in total. The summed E-state index contributed by atoms with van der Waals surface area (Å²) >= 11 is 0. The Morgan fingerprint density at radius 2 is 1.56 bits per heavy atom. The van der Waals surface area contributed by atoms with Crippen LogP contribution in [0.15, 0.2) is 36.5 Å². The van der Waals surface area contributed by atoms with E-state index < -0.39 is 0 Å². The highest BCUT2D eigenvalue weighted by Crippen LogP contribution is 2.37. The largest absolute Gasteiger partial charge is 0.359 e. The van der Waals surface area contributed by atoms with Crippen molar-refractivity contribution in [2.45, 2.75) is 12.2 Å². The lowest BCUT2D eigenvalue weighted by molar-refractivity contribution is 0.407. The molecule has 1 saturated heterocycles. The van der Waals surface area contributed by atoms with E-state index in [2.05, 4.69) is 13.2 Å². The van der Waals surface area contributed by atoms with Crippen LogP contribution in [0, 0.1) is 0 Å². The van der Waals surface area contributed by atoms with Crippen LogP contribution in [-0.2, 0) is 4.74 Å². The standard InChI is InChI=1S/C8H8O/c1-5-3-4-6(2)8-7(5)9-8/h3-4,7-8H,1-2H2. The van der Waals surface area contributed by atoms with E-state index in [1.165, 1.54) is 0 Å². The summed E-state index contributed by atoms with van der Waals surface area (Å²) in [5.41, 5.74) is 2.15. The van der Waals surface area contributed by atoms with Crippen LogP contribution in [0.3, 0.4) is 0 Å². The molecule has 0 bridgehead atoms. The van der Waals surface area contributed by atoms with Crippen molar-refractivity contribution < 1.29 is 4.74 Å². The molecule has 1 fully saturated rings. The molecule has 2 aliphatic rings. The second kappa shape index (κ2) is 1.36. The van der Waals surface area contributed by atoms with Crippen LogP contribution in [0.1, 0.15) is 0 Å². The predicted molar refractivity (Wildman–Crippen MR) is 36.1 cm³/mol. The van der Waals surface area contributed by atoms with E-state index in [0.29, 0.717) is 0 Å². The van der Waals surface area contributed by atoms with Gasteiger partial charge in [-0.25, -0.2) is 0 Å². The van der Waals surface area contributed by atoms with Crippen LogP contribution in [0.5, 0.6) is 0 Å². The van der Waals surface area contributed by atoms with E-state index in [1.807, 2.05) is 12.2 Å². The van der Waals surface area contributed by atoms with E-state index in [9.17, 15) is 0 Å². The maximum atomic E-state index is 5.24. The first-order valence-corrected chi connectivity index (χ1v) is 3.00. The Bertz CT molecular complexity index is 191. The van der Waals surface area contributed by atoms with Crippen molar-refractivity contribution in [1.82, 2.24) is 0 Å². The molecule has 1 aliphatic heterocycles. The van der Waals surface area contributed by atoms with Crippen molar-refractivity contribution in [1.29, 1.82) is 0 Å². The minimum Gasteiger partial charge on any atom is -0.359 e. The fourth-order valence-corrected chi connectivity index (χ4v) is 1.08. The second-order valence-corrected chi connectivity index (χ2v) is 2.46.